The van der Waals surface area contributed by atoms with Crippen LogP contribution in [-0.4, -0.2) is 26.6 Å². The van der Waals surface area contributed by atoms with Gasteiger partial charge in [0.2, 0.25) is 15.9 Å². The van der Waals surface area contributed by atoms with Gasteiger partial charge in [-0.15, -0.1) is 0 Å². The van der Waals surface area contributed by atoms with E-state index in [2.05, 4.69) is 5.32 Å². The largest absolute Gasteiger partial charge is 0.324 e. The number of carbonyl (C=O) groups excluding carboxylic acids is 1. The molecule has 0 aromatic heterocycles. The highest BCUT2D eigenvalue weighted by Gasteiger charge is 2.36. The van der Waals surface area contributed by atoms with E-state index in [4.69, 9.17) is 0 Å². The van der Waals surface area contributed by atoms with Crippen molar-refractivity contribution in [2.75, 3.05) is 15.9 Å². The van der Waals surface area contributed by atoms with Gasteiger partial charge in [-0.05, 0) is 43.5 Å². The molecule has 1 aliphatic rings. The van der Waals surface area contributed by atoms with Crippen LogP contribution in [0.3, 0.4) is 0 Å². The Morgan fingerprint density at radius 2 is 1.96 bits per heavy atom. The van der Waals surface area contributed by atoms with Crippen molar-refractivity contribution in [1.82, 2.24) is 0 Å². The van der Waals surface area contributed by atoms with Gasteiger partial charge in [0.25, 0.3) is 0 Å². The van der Waals surface area contributed by atoms with E-state index in [0.717, 1.165) is 36.3 Å². The van der Waals surface area contributed by atoms with Crippen LogP contribution >= 0.6 is 0 Å². The molecule has 1 fully saturated rings. The second kappa shape index (κ2) is 7.07. The average Bonchev–Trinajstić information content (AvgIpc) is 3.33. The van der Waals surface area contributed by atoms with Crippen LogP contribution in [0.4, 0.5) is 15.8 Å². The maximum atomic E-state index is 13.7. The molecule has 2 aromatic rings. The lowest BCUT2D eigenvalue weighted by Crippen LogP contribution is -2.33. The van der Waals surface area contributed by atoms with Crippen LogP contribution in [0.15, 0.2) is 42.5 Å². The first-order chi connectivity index (χ1) is 12.2. The Morgan fingerprint density at radius 1 is 1.23 bits per heavy atom. The molecule has 0 aliphatic heterocycles. The molecule has 3 rings (SSSR count). The van der Waals surface area contributed by atoms with Gasteiger partial charge in [-0.2, -0.15) is 0 Å². The zero-order valence-corrected chi connectivity index (χ0v) is 15.5. The molecule has 7 heteroatoms. The van der Waals surface area contributed by atoms with Crippen molar-refractivity contribution in [3.05, 3.63) is 59.4 Å². The second-order valence-corrected chi connectivity index (χ2v) is 8.52. The Bertz CT molecular complexity index is 940. The van der Waals surface area contributed by atoms with Crippen LogP contribution < -0.4 is 9.62 Å². The molecular weight excluding hydrogens is 355 g/mol. The van der Waals surface area contributed by atoms with Gasteiger partial charge in [-0.3, -0.25) is 9.10 Å². The molecular formula is C19H21FN2O3S. The number of hydrogen-bond donors (Lipinski definition) is 1. The third kappa shape index (κ3) is 4.40. The highest BCUT2D eigenvalue weighted by molar-refractivity contribution is 7.92. The van der Waals surface area contributed by atoms with Gasteiger partial charge in [0.15, 0.2) is 0 Å². The van der Waals surface area contributed by atoms with Crippen molar-refractivity contribution in [2.45, 2.75) is 32.2 Å². The van der Waals surface area contributed by atoms with Gasteiger partial charge >= 0.3 is 0 Å². The predicted octanol–water partition coefficient (Wildman–Crippen LogP) is 3.24. The molecule has 1 amide bonds. The summed E-state index contributed by atoms with van der Waals surface area (Å²) in [7, 11) is -3.53. The predicted molar refractivity (Wildman–Crippen MR) is 100 cm³/mol. The molecule has 0 saturated heterocycles. The molecule has 0 spiro atoms. The molecule has 0 bridgehead atoms. The summed E-state index contributed by atoms with van der Waals surface area (Å²) >= 11 is 0. The Hall–Kier alpha value is -2.41. The fourth-order valence-corrected chi connectivity index (χ4v) is 4.23. The van der Waals surface area contributed by atoms with Crippen molar-refractivity contribution in [2.24, 2.45) is 0 Å². The first-order valence-electron chi connectivity index (χ1n) is 8.38. The van der Waals surface area contributed by atoms with Crippen LogP contribution in [0.1, 0.15) is 24.0 Å². The van der Waals surface area contributed by atoms with Gasteiger partial charge in [-0.25, -0.2) is 12.8 Å². The van der Waals surface area contributed by atoms with E-state index in [9.17, 15) is 17.6 Å². The van der Waals surface area contributed by atoms with Crippen molar-refractivity contribution in [3.8, 4) is 0 Å². The SMILES string of the molecule is Cc1cccc(CC(=O)Nc2cc(F)ccc2N(C2CC2)S(C)(=O)=O)c1. The second-order valence-electron chi connectivity index (χ2n) is 6.67. The molecule has 0 heterocycles. The Morgan fingerprint density at radius 3 is 2.58 bits per heavy atom. The summed E-state index contributed by atoms with van der Waals surface area (Å²) in [5, 5.41) is 2.67. The third-order valence-electron chi connectivity index (χ3n) is 4.15. The fraction of sp³-hybridized carbons (Fsp3) is 0.316. The number of nitrogens with one attached hydrogen (secondary N) is 1. The Labute approximate surface area is 152 Å². The van der Waals surface area contributed by atoms with Gasteiger partial charge in [0, 0.05) is 6.04 Å². The maximum Gasteiger partial charge on any atom is 0.232 e. The van der Waals surface area contributed by atoms with Crippen LogP contribution in [0.2, 0.25) is 0 Å². The highest BCUT2D eigenvalue weighted by atomic mass is 32.2. The van der Waals surface area contributed by atoms with E-state index in [-0.39, 0.29) is 24.1 Å². The lowest BCUT2D eigenvalue weighted by Gasteiger charge is -2.25. The number of amides is 1. The van der Waals surface area contributed by atoms with Gasteiger partial charge < -0.3 is 5.32 Å². The first-order valence-corrected chi connectivity index (χ1v) is 10.2. The van der Waals surface area contributed by atoms with Crippen molar-refractivity contribution >= 4 is 27.3 Å². The summed E-state index contributed by atoms with van der Waals surface area (Å²) in [5.74, 6) is -0.865. The highest BCUT2D eigenvalue weighted by Crippen LogP contribution is 2.38. The smallest absolute Gasteiger partial charge is 0.232 e. The van der Waals surface area contributed by atoms with Gasteiger partial charge in [0.1, 0.15) is 5.82 Å². The molecule has 1 saturated carbocycles. The molecule has 2 aromatic carbocycles. The van der Waals surface area contributed by atoms with Crippen molar-refractivity contribution < 1.29 is 17.6 Å². The molecule has 5 nitrogen and oxygen atoms in total. The van der Waals surface area contributed by atoms with Crippen molar-refractivity contribution in [1.29, 1.82) is 0 Å². The lowest BCUT2D eigenvalue weighted by atomic mass is 10.1. The van der Waals surface area contributed by atoms with E-state index in [1.165, 1.54) is 16.4 Å². The molecule has 1 aliphatic carbocycles. The number of halogens is 1. The number of carbonyl (C=O) groups is 1. The number of aryl methyl sites for hydroxylation is 1. The standard InChI is InChI=1S/C19H21FN2O3S/c1-13-4-3-5-14(10-13)11-19(23)21-17-12-15(20)6-9-18(17)22(16-7-8-16)26(2,24)25/h3-6,9-10,12,16H,7-8,11H2,1-2H3,(H,21,23). The van der Waals surface area contributed by atoms with Gasteiger partial charge in [-0.1, -0.05) is 29.8 Å². The van der Waals surface area contributed by atoms with Crippen LogP contribution in [-0.2, 0) is 21.2 Å². The summed E-state index contributed by atoms with van der Waals surface area (Å²) < 4.78 is 39.4. The zero-order chi connectivity index (χ0) is 18.9. The first kappa shape index (κ1) is 18.4. The molecule has 26 heavy (non-hydrogen) atoms. The number of rotatable bonds is 6. The quantitative estimate of drug-likeness (QED) is 0.842. The number of anilines is 2. The molecule has 0 radical (unpaired) electrons. The number of nitrogens with zero attached hydrogens (tertiary/aromatic N) is 1. The summed E-state index contributed by atoms with van der Waals surface area (Å²) in [6.07, 6.45) is 2.75. The average molecular weight is 376 g/mol. The Kier molecular flexibility index (Phi) is 5.00. The van der Waals surface area contributed by atoms with E-state index in [0.29, 0.717) is 5.69 Å². The summed E-state index contributed by atoms with van der Waals surface area (Å²) in [4.78, 5) is 12.4. The minimum Gasteiger partial charge on any atom is -0.324 e. The van der Waals surface area contributed by atoms with Crippen LogP contribution in [0.5, 0.6) is 0 Å². The lowest BCUT2D eigenvalue weighted by molar-refractivity contribution is -0.115. The van der Waals surface area contributed by atoms with Crippen LogP contribution in [0.25, 0.3) is 0 Å². The molecule has 138 valence electrons. The molecule has 0 atom stereocenters. The minimum atomic E-state index is -3.53. The van der Waals surface area contributed by atoms with Gasteiger partial charge in [0.05, 0.1) is 24.1 Å². The fourth-order valence-electron chi connectivity index (χ4n) is 2.96. The number of sulfonamides is 1. The topological polar surface area (TPSA) is 66.5 Å². The Balaban J connectivity index is 1.87. The van der Waals surface area contributed by atoms with E-state index >= 15 is 0 Å². The summed E-state index contributed by atoms with van der Waals surface area (Å²) in [5.41, 5.74) is 2.34. The minimum absolute atomic E-state index is 0.125. The van der Waals surface area contributed by atoms with E-state index < -0.39 is 15.8 Å². The third-order valence-corrected chi connectivity index (χ3v) is 5.36. The van der Waals surface area contributed by atoms with E-state index in [1.54, 1.807) is 0 Å². The summed E-state index contributed by atoms with van der Waals surface area (Å²) in [6.45, 7) is 1.94. The normalized spacial score (nSPS) is 14.1. The maximum absolute atomic E-state index is 13.7. The monoisotopic (exact) mass is 376 g/mol. The van der Waals surface area contributed by atoms with Crippen LogP contribution in [0, 0.1) is 12.7 Å². The summed E-state index contributed by atoms with van der Waals surface area (Å²) in [6, 6.07) is 11.2. The number of benzene rings is 2. The van der Waals surface area contributed by atoms with E-state index in [1.807, 2.05) is 31.2 Å². The molecule has 0 unspecified atom stereocenters. The molecule has 1 N–H and O–H groups in total. The number of hydrogen-bond acceptors (Lipinski definition) is 3. The van der Waals surface area contributed by atoms with Crippen molar-refractivity contribution in [3.63, 3.8) is 0 Å². The zero-order valence-electron chi connectivity index (χ0n) is 14.7.